The Labute approximate surface area is 186 Å². The molecule has 4 unspecified atom stereocenters. The fraction of sp³-hybridized carbons (Fsp3) is 0.583. The summed E-state index contributed by atoms with van der Waals surface area (Å²) in [5, 5.41) is 8.60. The second-order valence-corrected chi connectivity index (χ2v) is 10.2. The average Bonchev–Trinajstić information content (AvgIpc) is 3.11. The van der Waals surface area contributed by atoms with Gasteiger partial charge in [-0.1, -0.05) is 37.5 Å². The molecule has 0 radical (unpaired) electrons. The zero-order valence-electron chi connectivity index (χ0n) is 18.6. The summed E-state index contributed by atoms with van der Waals surface area (Å²) in [6.45, 7) is 6.25. The van der Waals surface area contributed by atoms with E-state index in [1.165, 1.54) is 5.56 Å². The molecule has 1 N–H and O–H groups in total. The number of aromatic nitrogens is 1. The van der Waals surface area contributed by atoms with E-state index in [0.29, 0.717) is 24.7 Å². The highest BCUT2D eigenvalue weighted by atomic mass is 32.2. The number of carboxylic acids is 1. The largest absolute Gasteiger partial charge is 0.480 e. The van der Waals surface area contributed by atoms with Crippen LogP contribution < -0.4 is 0 Å². The van der Waals surface area contributed by atoms with E-state index in [1.807, 2.05) is 45.0 Å². The molecular weight excluding hydrogens is 414 g/mol. The van der Waals surface area contributed by atoms with Crippen LogP contribution in [-0.4, -0.2) is 37.4 Å². The molecular formula is C24H33NO5S. The molecule has 1 heterocycles. The van der Waals surface area contributed by atoms with E-state index in [0.717, 1.165) is 49.1 Å². The van der Waals surface area contributed by atoms with Gasteiger partial charge in [-0.15, -0.1) is 0 Å². The number of aliphatic carboxylic acids is 1. The SMILES string of the molecule is CCCC(C(=O)O)S(=O)CC1CCCC(OCc2nc(-c3ccc(C)cc3)oc2C)C1. The number of rotatable bonds is 10. The van der Waals surface area contributed by atoms with E-state index >= 15 is 0 Å². The molecule has 4 atom stereocenters. The molecule has 0 saturated heterocycles. The highest BCUT2D eigenvalue weighted by molar-refractivity contribution is 7.86. The van der Waals surface area contributed by atoms with Crippen LogP contribution in [0.5, 0.6) is 0 Å². The molecule has 0 bridgehead atoms. The number of carbonyl (C=O) groups is 1. The third kappa shape index (κ3) is 6.50. The normalized spacial score (nSPS) is 21.0. The Balaban J connectivity index is 1.54. The van der Waals surface area contributed by atoms with Crippen molar-refractivity contribution >= 4 is 16.8 Å². The van der Waals surface area contributed by atoms with Gasteiger partial charge in [-0.2, -0.15) is 0 Å². The van der Waals surface area contributed by atoms with E-state index in [9.17, 15) is 14.1 Å². The topological polar surface area (TPSA) is 89.6 Å². The Morgan fingerprint density at radius 3 is 2.71 bits per heavy atom. The Hall–Kier alpha value is -1.99. The molecule has 1 saturated carbocycles. The molecule has 170 valence electrons. The van der Waals surface area contributed by atoms with Crippen molar-refractivity contribution in [1.29, 1.82) is 0 Å². The van der Waals surface area contributed by atoms with Gasteiger partial charge in [0.1, 0.15) is 16.7 Å². The molecule has 2 aromatic rings. The van der Waals surface area contributed by atoms with Gasteiger partial charge in [0.2, 0.25) is 5.89 Å². The Morgan fingerprint density at radius 1 is 1.29 bits per heavy atom. The Kier molecular flexibility index (Phi) is 8.43. The summed E-state index contributed by atoms with van der Waals surface area (Å²) in [6.07, 6.45) is 5.01. The second kappa shape index (κ2) is 11.0. The number of oxazole rings is 1. The van der Waals surface area contributed by atoms with Crippen molar-refractivity contribution in [2.75, 3.05) is 5.75 Å². The van der Waals surface area contributed by atoms with Crippen molar-refractivity contribution in [1.82, 2.24) is 4.98 Å². The highest BCUT2D eigenvalue weighted by Crippen LogP contribution is 2.29. The molecule has 31 heavy (non-hydrogen) atoms. The van der Waals surface area contributed by atoms with Gasteiger partial charge in [0.15, 0.2) is 0 Å². The molecule has 0 aliphatic heterocycles. The summed E-state index contributed by atoms with van der Waals surface area (Å²) in [6, 6.07) is 8.07. The van der Waals surface area contributed by atoms with Crippen molar-refractivity contribution in [3.8, 4) is 11.5 Å². The number of benzene rings is 1. The van der Waals surface area contributed by atoms with Crippen LogP contribution in [0.15, 0.2) is 28.7 Å². The van der Waals surface area contributed by atoms with Crippen molar-refractivity contribution in [2.45, 2.75) is 77.3 Å². The lowest BCUT2D eigenvalue weighted by Gasteiger charge is -2.29. The summed E-state index contributed by atoms with van der Waals surface area (Å²) in [7, 11) is -1.35. The smallest absolute Gasteiger partial charge is 0.319 e. The van der Waals surface area contributed by atoms with Crippen LogP contribution in [0.1, 0.15) is 62.5 Å². The van der Waals surface area contributed by atoms with Crippen molar-refractivity contribution in [2.24, 2.45) is 5.92 Å². The minimum absolute atomic E-state index is 0.0733. The highest BCUT2D eigenvalue weighted by Gasteiger charge is 2.29. The lowest BCUT2D eigenvalue weighted by atomic mass is 9.88. The van der Waals surface area contributed by atoms with Gasteiger partial charge in [-0.05, 0) is 57.6 Å². The third-order valence-corrected chi connectivity index (χ3v) is 7.80. The van der Waals surface area contributed by atoms with Gasteiger partial charge in [0.05, 0.1) is 12.7 Å². The molecule has 1 aliphatic rings. The summed E-state index contributed by atoms with van der Waals surface area (Å²) in [5.41, 5.74) is 2.93. The summed E-state index contributed by atoms with van der Waals surface area (Å²) < 4.78 is 24.6. The number of carboxylic acid groups (broad SMARTS) is 1. The fourth-order valence-electron chi connectivity index (χ4n) is 4.10. The maximum Gasteiger partial charge on any atom is 0.319 e. The number of aryl methyl sites for hydroxylation is 2. The number of hydrogen-bond acceptors (Lipinski definition) is 5. The average molecular weight is 448 g/mol. The molecule has 0 amide bonds. The van der Waals surface area contributed by atoms with Crippen LogP contribution in [0.2, 0.25) is 0 Å². The predicted molar refractivity (Wildman–Crippen MR) is 121 cm³/mol. The molecule has 1 aliphatic carbocycles. The van der Waals surface area contributed by atoms with Crippen LogP contribution >= 0.6 is 0 Å². The molecule has 1 aromatic carbocycles. The first-order valence-corrected chi connectivity index (χ1v) is 12.5. The Morgan fingerprint density at radius 2 is 2.03 bits per heavy atom. The van der Waals surface area contributed by atoms with Gasteiger partial charge in [0.25, 0.3) is 0 Å². The van der Waals surface area contributed by atoms with Crippen LogP contribution in [0.25, 0.3) is 11.5 Å². The maximum atomic E-state index is 12.6. The Bertz CT molecular complexity index is 892. The molecule has 6 nitrogen and oxygen atoms in total. The van der Waals surface area contributed by atoms with Crippen molar-refractivity contribution in [3.63, 3.8) is 0 Å². The zero-order chi connectivity index (χ0) is 22.4. The van der Waals surface area contributed by atoms with E-state index in [-0.39, 0.29) is 12.0 Å². The van der Waals surface area contributed by atoms with Gasteiger partial charge < -0.3 is 14.3 Å². The van der Waals surface area contributed by atoms with E-state index in [4.69, 9.17) is 9.15 Å². The quantitative estimate of drug-likeness (QED) is 0.549. The molecule has 1 fully saturated rings. The summed E-state index contributed by atoms with van der Waals surface area (Å²) in [4.78, 5) is 16.0. The van der Waals surface area contributed by atoms with Crippen molar-refractivity contribution < 1.29 is 23.3 Å². The van der Waals surface area contributed by atoms with E-state index < -0.39 is 22.0 Å². The minimum atomic E-state index is -1.35. The standard InChI is InChI=1S/C24H33NO5S/c1-4-6-22(24(26)27)31(28)15-18-7-5-8-20(13-18)29-14-21-17(3)30-23(25-21)19-11-9-16(2)10-12-19/h9-12,18,20,22H,4-8,13-15H2,1-3H3,(H,26,27). The van der Waals surface area contributed by atoms with Crippen LogP contribution in [0.4, 0.5) is 0 Å². The van der Waals surface area contributed by atoms with Crippen LogP contribution in [0, 0.1) is 19.8 Å². The first-order chi connectivity index (χ1) is 14.9. The number of hydrogen-bond donors (Lipinski definition) is 1. The van der Waals surface area contributed by atoms with E-state index in [1.54, 1.807) is 0 Å². The lowest BCUT2D eigenvalue weighted by molar-refractivity contribution is -0.136. The van der Waals surface area contributed by atoms with Gasteiger partial charge in [-0.25, -0.2) is 4.98 Å². The van der Waals surface area contributed by atoms with Crippen LogP contribution in [0.3, 0.4) is 0 Å². The first kappa shape index (κ1) is 23.7. The van der Waals surface area contributed by atoms with Crippen molar-refractivity contribution in [3.05, 3.63) is 41.3 Å². The molecule has 3 rings (SSSR count). The summed E-state index contributed by atoms with van der Waals surface area (Å²) in [5.74, 6) is 1.09. The number of ether oxygens (including phenoxy) is 1. The molecule has 1 aromatic heterocycles. The third-order valence-electron chi connectivity index (χ3n) is 5.93. The molecule has 0 spiro atoms. The number of nitrogens with zero attached hydrogens (tertiary/aromatic N) is 1. The first-order valence-electron chi connectivity index (χ1n) is 11.1. The summed E-state index contributed by atoms with van der Waals surface area (Å²) >= 11 is 0. The minimum Gasteiger partial charge on any atom is -0.480 e. The zero-order valence-corrected chi connectivity index (χ0v) is 19.5. The maximum absolute atomic E-state index is 12.6. The second-order valence-electron chi connectivity index (χ2n) is 8.52. The van der Waals surface area contributed by atoms with Gasteiger partial charge >= 0.3 is 5.97 Å². The monoisotopic (exact) mass is 447 g/mol. The fourth-order valence-corrected chi connectivity index (χ4v) is 5.82. The van der Waals surface area contributed by atoms with Gasteiger partial charge in [-0.3, -0.25) is 9.00 Å². The molecule has 7 heteroatoms. The predicted octanol–water partition coefficient (Wildman–Crippen LogP) is 5.04. The van der Waals surface area contributed by atoms with Gasteiger partial charge in [0, 0.05) is 22.1 Å². The lowest BCUT2D eigenvalue weighted by Crippen LogP contribution is -2.32. The van der Waals surface area contributed by atoms with Crippen LogP contribution in [-0.2, 0) is 26.9 Å². The van der Waals surface area contributed by atoms with E-state index in [2.05, 4.69) is 4.98 Å².